The minimum atomic E-state index is -5.16. The zero-order valence-corrected chi connectivity index (χ0v) is 20.6. The molecule has 0 bridgehead atoms. The van der Waals surface area contributed by atoms with Crippen molar-refractivity contribution in [2.24, 2.45) is 16.7 Å². The molecule has 4 amide bonds. The highest BCUT2D eigenvalue weighted by molar-refractivity contribution is 5.94. The fourth-order valence-electron chi connectivity index (χ4n) is 5.43. The highest BCUT2D eigenvalue weighted by Crippen LogP contribution is 2.55. The fourth-order valence-corrected chi connectivity index (χ4v) is 5.43. The molecule has 0 aromatic heterocycles. The van der Waals surface area contributed by atoms with Gasteiger partial charge >= 0.3 is 12.1 Å². The summed E-state index contributed by atoms with van der Waals surface area (Å²) in [5.41, 5.74) is -1.50. The predicted molar refractivity (Wildman–Crippen MR) is 120 cm³/mol. The molecule has 2 saturated heterocycles. The van der Waals surface area contributed by atoms with Gasteiger partial charge in [0.2, 0.25) is 17.7 Å². The summed E-state index contributed by atoms with van der Waals surface area (Å²) in [5.74, 6) is -4.08. The van der Waals surface area contributed by atoms with Crippen molar-refractivity contribution in [1.29, 1.82) is 5.26 Å². The SMILES string of the molecule is CC(C)(C)[C@H](NC(=O)C(F)(F)F)C(=O)N1CC2(CC2)C[C@H]1C(=O)N[C@H](C#N)C[C@@H]1CC2(CC2)NC1=O. The number of nitrogens with zero attached hydrogens (tertiary/aromatic N) is 2. The number of rotatable bonds is 6. The van der Waals surface area contributed by atoms with Crippen LogP contribution in [0.15, 0.2) is 0 Å². The van der Waals surface area contributed by atoms with E-state index < -0.39 is 53.4 Å². The van der Waals surface area contributed by atoms with E-state index in [4.69, 9.17) is 0 Å². The summed E-state index contributed by atoms with van der Waals surface area (Å²) in [6.07, 6.45) is -0.700. The van der Waals surface area contributed by atoms with Crippen LogP contribution in [-0.2, 0) is 19.2 Å². The molecule has 0 aromatic rings. The van der Waals surface area contributed by atoms with E-state index in [0.717, 1.165) is 25.7 Å². The van der Waals surface area contributed by atoms with Crippen LogP contribution in [0.4, 0.5) is 13.2 Å². The van der Waals surface area contributed by atoms with Crippen molar-refractivity contribution >= 4 is 23.6 Å². The first-order chi connectivity index (χ1) is 16.6. The molecule has 2 aliphatic carbocycles. The maximum atomic E-state index is 13.5. The van der Waals surface area contributed by atoms with E-state index in [1.807, 2.05) is 11.4 Å². The number of carbonyl (C=O) groups is 4. The molecule has 2 spiro atoms. The number of hydrogen-bond acceptors (Lipinski definition) is 5. The van der Waals surface area contributed by atoms with Gasteiger partial charge in [0, 0.05) is 18.0 Å². The average Bonchev–Trinajstić information content (AvgIpc) is 3.62. The Labute approximate surface area is 207 Å². The highest BCUT2D eigenvalue weighted by Gasteiger charge is 2.57. The van der Waals surface area contributed by atoms with Gasteiger partial charge in [-0.3, -0.25) is 19.2 Å². The number of nitrogens with one attached hydrogen (secondary N) is 3. The van der Waals surface area contributed by atoms with Crippen molar-refractivity contribution in [3.8, 4) is 6.07 Å². The number of amides is 4. The summed E-state index contributed by atoms with van der Waals surface area (Å²) in [5, 5.41) is 17.1. The van der Waals surface area contributed by atoms with Crippen molar-refractivity contribution in [2.75, 3.05) is 6.54 Å². The van der Waals surface area contributed by atoms with Gasteiger partial charge in [0.1, 0.15) is 18.1 Å². The first-order valence-electron chi connectivity index (χ1n) is 12.3. The summed E-state index contributed by atoms with van der Waals surface area (Å²) in [7, 11) is 0. The molecule has 4 rings (SSSR count). The van der Waals surface area contributed by atoms with E-state index in [1.165, 1.54) is 25.7 Å². The maximum Gasteiger partial charge on any atom is 0.471 e. The molecular weight excluding hydrogens is 479 g/mol. The van der Waals surface area contributed by atoms with Crippen LogP contribution in [0.5, 0.6) is 0 Å². The number of hydrogen-bond donors (Lipinski definition) is 3. The zero-order chi connectivity index (χ0) is 26.7. The molecule has 0 aromatic carbocycles. The smallest absolute Gasteiger partial charge is 0.350 e. The van der Waals surface area contributed by atoms with Crippen LogP contribution in [0.1, 0.15) is 65.7 Å². The standard InChI is InChI=1S/C24H32F3N5O4/c1-21(2,3)16(30-20(36)24(25,26)27)19(35)32-12-22(4-5-22)10-15(32)18(34)29-14(11-28)8-13-9-23(6-7-23)31-17(13)33/h13-16H,4-10,12H2,1-3H3,(H,29,34)(H,30,36)(H,31,33)/t13-,14+,15+,16-/m1/s1. The van der Waals surface area contributed by atoms with Gasteiger partial charge in [-0.25, -0.2) is 0 Å². The maximum absolute atomic E-state index is 13.5. The molecule has 9 nitrogen and oxygen atoms in total. The molecule has 36 heavy (non-hydrogen) atoms. The lowest BCUT2D eigenvalue weighted by molar-refractivity contribution is -0.176. The Balaban J connectivity index is 1.47. The van der Waals surface area contributed by atoms with E-state index in [1.54, 1.807) is 0 Å². The normalized spacial score (nSPS) is 27.2. The molecule has 3 N–H and O–H groups in total. The second kappa shape index (κ2) is 8.63. The Bertz CT molecular complexity index is 1010. The third kappa shape index (κ3) is 5.30. The van der Waals surface area contributed by atoms with Crippen molar-refractivity contribution in [1.82, 2.24) is 20.9 Å². The van der Waals surface area contributed by atoms with Gasteiger partial charge < -0.3 is 20.9 Å². The molecule has 0 radical (unpaired) electrons. The number of alkyl halides is 3. The van der Waals surface area contributed by atoms with Crippen LogP contribution < -0.4 is 16.0 Å². The highest BCUT2D eigenvalue weighted by atomic mass is 19.4. The van der Waals surface area contributed by atoms with Crippen molar-refractivity contribution in [3.63, 3.8) is 0 Å². The summed E-state index contributed by atoms with van der Waals surface area (Å²) in [6.45, 7) is 4.81. The number of likely N-dealkylation sites (tertiary alicyclic amines) is 1. The Morgan fingerprint density at radius 3 is 2.25 bits per heavy atom. The molecule has 2 aliphatic heterocycles. The van der Waals surface area contributed by atoms with Crippen LogP contribution in [0.3, 0.4) is 0 Å². The molecule has 4 aliphatic rings. The summed E-state index contributed by atoms with van der Waals surface area (Å²) < 4.78 is 38.8. The monoisotopic (exact) mass is 511 g/mol. The topological polar surface area (TPSA) is 131 Å². The molecule has 2 heterocycles. The van der Waals surface area contributed by atoms with E-state index in [2.05, 4.69) is 10.6 Å². The van der Waals surface area contributed by atoms with Gasteiger partial charge in [-0.2, -0.15) is 18.4 Å². The second-order valence-corrected chi connectivity index (χ2v) is 12.1. The molecule has 0 unspecified atom stereocenters. The minimum Gasteiger partial charge on any atom is -0.350 e. The number of nitriles is 1. The molecule has 198 valence electrons. The third-order valence-electron chi connectivity index (χ3n) is 7.94. The van der Waals surface area contributed by atoms with E-state index in [0.29, 0.717) is 12.8 Å². The second-order valence-electron chi connectivity index (χ2n) is 12.1. The zero-order valence-electron chi connectivity index (χ0n) is 20.6. The summed E-state index contributed by atoms with van der Waals surface area (Å²) in [6, 6.07) is -1.40. The largest absolute Gasteiger partial charge is 0.471 e. The van der Waals surface area contributed by atoms with Crippen molar-refractivity contribution < 1.29 is 32.3 Å². The third-order valence-corrected chi connectivity index (χ3v) is 7.94. The van der Waals surface area contributed by atoms with Crippen molar-refractivity contribution in [3.05, 3.63) is 0 Å². The number of halogens is 3. The van der Waals surface area contributed by atoms with E-state index in [-0.39, 0.29) is 29.8 Å². The Morgan fingerprint density at radius 2 is 1.78 bits per heavy atom. The lowest BCUT2D eigenvalue weighted by Crippen LogP contribution is -2.59. The Morgan fingerprint density at radius 1 is 1.14 bits per heavy atom. The fraction of sp³-hybridized carbons (Fsp3) is 0.792. The van der Waals surface area contributed by atoms with Gasteiger partial charge in [0.25, 0.3) is 0 Å². The molecule has 4 fully saturated rings. The van der Waals surface area contributed by atoms with Crippen LogP contribution in [0.25, 0.3) is 0 Å². The summed E-state index contributed by atoms with van der Waals surface area (Å²) >= 11 is 0. The van der Waals surface area contributed by atoms with E-state index >= 15 is 0 Å². The number of carbonyl (C=O) groups excluding carboxylic acids is 4. The van der Waals surface area contributed by atoms with Crippen LogP contribution in [0.2, 0.25) is 0 Å². The first kappa shape index (κ1) is 26.2. The van der Waals surface area contributed by atoms with Gasteiger partial charge in [0.15, 0.2) is 0 Å². The Kier molecular flexibility index (Phi) is 6.29. The molecular formula is C24H32F3N5O4. The van der Waals surface area contributed by atoms with Gasteiger partial charge in [-0.1, -0.05) is 20.8 Å². The van der Waals surface area contributed by atoms with Gasteiger partial charge in [-0.15, -0.1) is 0 Å². The Hall–Kier alpha value is -2.84. The quantitative estimate of drug-likeness (QED) is 0.498. The van der Waals surface area contributed by atoms with Gasteiger partial charge in [-0.05, 0) is 55.8 Å². The molecule has 12 heteroatoms. The summed E-state index contributed by atoms with van der Waals surface area (Å²) in [4.78, 5) is 52.0. The van der Waals surface area contributed by atoms with Gasteiger partial charge in [0.05, 0.1) is 6.07 Å². The van der Waals surface area contributed by atoms with Crippen LogP contribution in [-0.4, -0.2) is 64.9 Å². The van der Waals surface area contributed by atoms with Crippen molar-refractivity contribution in [2.45, 2.75) is 95.6 Å². The minimum absolute atomic E-state index is 0.134. The van der Waals surface area contributed by atoms with Crippen LogP contribution >= 0.6 is 0 Å². The first-order valence-corrected chi connectivity index (χ1v) is 12.3. The molecule has 4 atom stereocenters. The van der Waals surface area contributed by atoms with E-state index in [9.17, 15) is 37.6 Å². The van der Waals surface area contributed by atoms with Crippen LogP contribution in [0, 0.1) is 28.1 Å². The predicted octanol–water partition coefficient (Wildman–Crippen LogP) is 1.53. The molecule has 2 saturated carbocycles. The lowest BCUT2D eigenvalue weighted by atomic mass is 9.85. The average molecular weight is 512 g/mol. The lowest BCUT2D eigenvalue weighted by Gasteiger charge is -2.35.